The van der Waals surface area contributed by atoms with Crippen LogP contribution in [0.4, 0.5) is 0 Å². The number of rotatable bonds is 1. The molecule has 0 saturated heterocycles. The molecular weight excluding hydrogens is 298 g/mol. The average Bonchev–Trinajstić information content (AvgIpc) is 2.58. The summed E-state index contributed by atoms with van der Waals surface area (Å²) in [6, 6.07) is 7.07. The molecule has 0 unspecified atom stereocenters. The number of carbonyl (C=O) groups is 1. The van der Waals surface area contributed by atoms with Crippen LogP contribution in [0.5, 0.6) is 11.5 Å². The van der Waals surface area contributed by atoms with E-state index < -0.39 is 22.8 Å². The maximum atomic E-state index is 11.8. The molecule has 1 aromatic carbocycles. The van der Waals surface area contributed by atoms with Gasteiger partial charge in [-0.2, -0.15) is 0 Å². The number of pyridine rings is 1. The second-order valence-corrected chi connectivity index (χ2v) is 4.43. The van der Waals surface area contributed by atoms with Crippen molar-refractivity contribution in [2.24, 2.45) is 0 Å². The number of carboxylic acids is 1. The second kappa shape index (κ2) is 5.49. The number of ether oxygens (including phenoxy) is 1. The number of benzene rings is 1. The number of hydrogen-bond donors (Lipinski definition) is 3. The van der Waals surface area contributed by atoms with Gasteiger partial charge in [-0.1, -0.05) is 12.1 Å². The van der Waals surface area contributed by atoms with Crippen molar-refractivity contribution < 1.29 is 19.7 Å². The molecule has 6 nitrogen and oxygen atoms in total. The Balaban J connectivity index is 0.00000161. The first-order valence-corrected chi connectivity index (χ1v) is 6.03. The highest BCUT2D eigenvalue weighted by Gasteiger charge is 2.25. The van der Waals surface area contributed by atoms with Gasteiger partial charge in [0.05, 0.1) is 12.3 Å². The van der Waals surface area contributed by atoms with Crippen LogP contribution in [-0.4, -0.2) is 27.8 Å². The van der Waals surface area contributed by atoms with E-state index in [1.54, 1.807) is 24.3 Å². The van der Waals surface area contributed by atoms with Crippen LogP contribution in [0.3, 0.4) is 0 Å². The summed E-state index contributed by atoms with van der Waals surface area (Å²) in [6.45, 7) is 0.294. The van der Waals surface area contributed by atoms with Crippen LogP contribution < -0.4 is 10.3 Å². The van der Waals surface area contributed by atoms with Gasteiger partial charge in [0, 0.05) is 17.5 Å². The molecule has 0 fully saturated rings. The summed E-state index contributed by atoms with van der Waals surface area (Å²) in [7, 11) is 0. The normalized spacial score (nSPS) is 12.2. The number of aromatic amines is 1. The minimum atomic E-state index is -1.45. The smallest absolute Gasteiger partial charge is 0.345 e. The fourth-order valence-corrected chi connectivity index (χ4v) is 2.36. The predicted molar refractivity (Wildman–Crippen MR) is 77.6 cm³/mol. The van der Waals surface area contributed by atoms with Gasteiger partial charge < -0.3 is 19.9 Å². The molecule has 0 bridgehead atoms. The van der Waals surface area contributed by atoms with E-state index in [1.165, 1.54) is 0 Å². The Morgan fingerprint density at radius 2 is 2.00 bits per heavy atom. The van der Waals surface area contributed by atoms with E-state index in [2.05, 4.69) is 4.98 Å². The van der Waals surface area contributed by atoms with Crippen LogP contribution in [0.2, 0.25) is 0 Å². The van der Waals surface area contributed by atoms with E-state index in [9.17, 15) is 14.7 Å². The molecule has 0 radical (unpaired) electrons. The summed E-state index contributed by atoms with van der Waals surface area (Å²) in [5.41, 5.74) is -0.0459. The summed E-state index contributed by atoms with van der Waals surface area (Å²) in [4.78, 5) is 25.4. The standard InChI is InChI=1S/C14H11NO5.ClH/c16-12-8-5-6-20-9-4-2-1-3-7(9)11(8)15-13(17)10(12)14(18)19;/h1-4H,5-6H2,(H,18,19)(H2,15,16,17);1H. The van der Waals surface area contributed by atoms with E-state index in [-0.39, 0.29) is 12.4 Å². The number of H-pyrrole nitrogens is 1. The van der Waals surface area contributed by atoms with Crippen LogP contribution in [0.15, 0.2) is 29.1 Å². The van der Waals surface area contributed by atoms with Crippen molar-refractivity contribution >= 4 is 18.4 Å². The first-order chi connectivity index (χ1) is 9.59. The quantitative estimate of drug-likeness (QED) is 0.746. The van der Waals surface area contributed by atoms with Crippen molar-refractivity contribution in [3.05, 3.63) is 45.7 Å². The van der Waals surface area contributed by atoms with Gasteiger partial charge in [-0.3, -0.25) is 4.79 Å². The van der Waals surface area contributed by atoms with Crippen LogP contribution in [0, 0.1) is 0 Å². The van der Waals surface area contributed by atoms with Crippen molar-refractivity contribution in [3.63, 3.8) is 0 Å². The predicted octanol–water partition coefficient (Wildman–Crippen LogP) is 1.80. The lowest BCUT2D eigenvalue weighted by atomic mass is 10.0. The fraction of sp³-hybridized carbons (Fsp3) is 0.143. The Hall–Kier alpha value is -2.47. The summed E-state index contributed by atoms with van der Waals surface area (Å²) in [6.07, 6.45) is 0.312. The topological polar surface area (TPSA) is 99.6 Å². The maximum absolute atomic E-state index is 11.8. The molecule has 7 heteroatoms. The number of aromatic nitrogens is 1. The van der Waals surface area contributed by atoms with Gasteiger partial charge in [0.1, 0.15) is 11.5 Å². The van der Waals surface area contributed by atoms with Crippen molar-refractivity contribution in [2.45, 2.75) is 6.42 Å². The van der Waals surface area contributed by atoms with Crippen molar-refractivity contribution in [1.29, 1.82) is 0 Å². The molecule has 3 rings (SSSR count). The zero-order chi connectivity index (χ0) is 14.3. The molecule has 0 spiro atoms. The van der Waals surface area contributed by atoms with Crippen molar-refractivity contribution in [1.82, 2.24) is 4.98 Å². The molecule has 0 atom stereocenters. The first-order valence-electron chi connectivity index (χ1n) is 6.03. The van der Waals surface area contributed by atoms with Crippen LogP contribution in [-0.2, 0) is 6.42 Å². The number of hydrogen-bond acceptors (Lipinski definition) is 4. The molecular formula is C14H12ClNO5. The number of aromatic hydroxyl groups is 1. The number of halogens is 1. The third-order valence-corrected chi connectivity index (χ3v) is 3.27. The van der Waals surface area contributed by atoms with Crippen molar-refractivity contribution in [2.75, 3.05) is 6.61 Å². The fourth-order valence-electron chi connectivity index (χ4n) is 2.36. The number of nitrogens with one attached hydrogen (secondary N) is 1. The number of aromatic carboxylic acids is 1. The number of carboxylic acid groups (broad SMARTS) is 1. The largest absolute Gasteiger partial charge is 0.506 e. The molecule has 1 aliphatic rings. The summed E-state index contributed by atoms with van der Waals surface area (Å²) in [5.74, 6) is -1.36. The van der Waals surface area contributed by atoms with Crippen LogP contribution in [0.1, 0.15) is 15.9 Å². The molecule has 3 N–H and O–H groups in total. The molecule has 0 aliphatic carbocycles. The Morgan fingerprint density at radius 3 is 2.71 bits per heavy atom. The maximum Gasteiger partial charge on any atom is 0.345 e. The molecule has 0 amide bonds. The summed E-state index contributed by atoms with van der Waals surface area (Å²) in [5, 5.41) is 19.1. The van der Waals surface area contributed by atoms with Crippen molar-refractivity contribution in [3.8, 4) is 22.8 Å². The third-order valence-electron chi connectivity index (χ3n) is 3.27. The zero-order valence-corrected chi connectivity index (χ0v) is 11.6. The van der Waals surface area contributed by atoms with Crippen LogP contribution >= 0.6 is 12.4 Å². The van der Waals surface area contributed by atoms with E-state index >= 15 is 0 Å². The zero-order valence-electron chi connectivity index (χ0n) is 10.8. The lowest BCUT2D eigenvalue weighted by Gasteiger charge is -2.10. The SMILES string of the molecule is Cl.O=C(O)c1c(O)c2c([nH]c1=O)-c1ccccc1OCC2. The summed E-state index contributed by atoms with van der Waals surface area (Å²) >= 11 is 0. The highest BCUT2D eigenvalue weighted by atomic mass is 35.5. The monoisotopic (exact) mass is 309 g/mol. The van der Waals surface area contributed by atoms with Gasteiger partial charge in [0.15, 0.2) is 5.56 Å². The lowest BCUT2D eigenvalue weighted by Crippen LogP contribution is -2.20. The van der Waals surface area contributed by atoms with Crippen LogP contribution in [0.25, 0.3) is 11.3 Å². The first kappa shape index (κ1) is 14.9. The molecule has 2 heterocycles. The van der Waals surface area contributed by atoms with E-state index in [0.717, 1.165) is 0 Å². The Labute approximate surface area is 125 Å². The Kier molecular flexibility index (Phi) is 3.90. The minimum Gasteiger partial charge on any atom is -0.506 e. The molecule has 0 saturated carbocycles. The van der Waals surface area contributed by atoms with Gasteiger partial charge in [0.25, 0.3) is 5.56 Å². The molecule has 1 aliphatic heterocycles. The molecule has 21 heavy (non-hydrogen) atoms. The molecule has 1 aromatic heterocycles. The van der Waals surface area contributed by atoms with Gasteiger partial charge in [-0.15, -0.1) is 12.4 Å². The highest BCUT2D eigenvalue weighted by molar-refractivity contribution is 5.92. The summed E-state index contributed by atoms with van der Waals surface area (Å²) < 4.78 is 5.55. The molecule has 2 aromatic rings. The minimum absolute atomic E-state index is 0. The van der Waals surface area contributed by atoms with Gasteiger partial charge >= 0.3 is 5.97 Å². The number of para-hydroxylation sites is 1. The third kappa shape index (κ3) is 2.34. The average molecular weight is 310 g/mol. The Bertz CT molecular complexity index is 768. The van der Waals surface area contributed by atoms with Gasteiger partial charge in [0.2, 0.25) is 0 Å². The van der Waals surface area contributed by atoms with Gasteiger partial charge in [-0.05, 0) is 12.1 Å². The van der Waals surface area contributed by atoms with E-state index in [0.29, 0.717) is 35.6 Å². The highest BCUT2D eigenvalue weighted by Crippen LogP contribution is 2.37. The van der Waals surface area contributed by atoms with E-state index in [1.807, 2.05) is 0 Å². The molecule has 110 valence electrons. The lowest BCUT2D eigenvalue weighted by molar-refractivity contribution is 0.0691. The number of fused-ring (bicyclic) bond motifs is 3. The Morgan fingerprint density at radius 1 is 1.29 bits per heavy atom. The second-order valence-electron chi connectivity index (χ2n) is 4.43. The van der Waals surface area contributed by atoms with E-state index in [4.69, 9.17) is 9.84 Å². The van der Waals surface area contributed by atoms with Gasteiger partial charge in [-0.25, -0.2) is 4.79 Å².